The molecule has 1 aromatic rings. The number of aliphatic hydroxyl groups is 1. The van der Waals surface area contributed by atoms with Crippen LogP contribution >= 0.6 is 11.6 Å². The van der Waals surface area contributed by atoms with Gasteiger partial charge in [-0.15, -0.1) is 0 Å². The van der Waals surface area contributed by atoms with Crippen molar-refractivity contribution in [3.63, 3.8) is 0 Å². The van der Waals surface area contributed by atoms with Crippen LogP contribution in [0.3, 0.4) is 0 Å². The topological polar surface area (TPSA) is 79.3 Å². The van der Waals surface area contributed by atoms with Crippen LogP contribution in [-0.4, -0.2) is 31.7 Å². The van der Waals surface area contributed by atoms with E-state index in [1.54, 1.807) is 0 Å². The number of aromatic nitrogens is 1. The van der Waals surface area contributed by atoms with Gasteiger partial charge in [-0.1, -0.05) is 24.9 Å². The third-order valence-electron chi connectivity index (χ3n) is 2.69. The van der Waals surface area contributed by atoms with E-state index in [9.17, 15) is 8.42 Å². The molecule has 1 atom stereocenters. The summed E-state index contributed by atoms with van der Waals surface area (Å²) in [7, 11) is -3.64. The molecule has 7 heteroatoms. The van der Waals surface area contributed by atoms with E-state index in [0.717, 1.165) is 6.42 Å². The summed E-state index contributed by atoms with van der Waals surface area (Å²) in [6.07, 6.45) is 2.80. The van der Waals surface area contributed by atoms with Crippen molar-refractivity contribution in [1.82, 2.24) is 9.71 Å². The third kappa shape index (κ3) is 4.20. The minimum absolute atomic E-state index is 0.0227. The number of hydrogen-bond acceptors (Lipinski definition) is 4. The van der Waals surface area contributed by atoms with E-state index >= 15 is 0 Å². The van der Waals surface area contributed by atoms with Crippen molar-refractivity contribution in [3.05, 3.63) is 23.5 Å². The fraction of sp³-hybridized carbons (Fsp3) is 0.545. The van der Waals surface area contributed by atoms with Crippen LogP contribution in [0.2, 0.25) is 5.15 Å². The summed E-state index contributed by atoms with van der Waals surface area (Å²) in [5.41, 5.74) is 0. The van der Waals surface area contributed by atoms with Gasteiger partial charge in [0.1, 0.15) is 10.0 Å². The largest absolute Gasteiger partial charge is 0.396 e. The molecule has 0 bridgehead atoms. The first-order chi connectivity index (χ1) is 8.51. The maximum atomic E-state index is 12.0. The number of sulfonamides is 1. The molecular weight excluding hydrogens is 276 g/mol. The highest BCUT2D eigenvalue weighted by molar-refractivity contribution is 7.89. The molecule has 1 rings (SSSR count). The molecule has 5 nitrogen and oxygen atoms in total. The van der Waals surface area contributed by atoms with Crippen molar-refractivity contribution in [2.75, 3.05) is 13.2 Å². The number of aliphatic hydroxyl groups excluding tert-OH is 1. The first-order valence-corrected chi connectivity index (χ1v) is 7.58. The molecule has 0 aliphatic heterocycles. The molecule has 0 amide bonds. The first kappa shape index (κ1) is 15.4. The minimum Gasteiger partial charge on any atom is -0.396 e. The molecule has 1 aromatic heterocycles. The summed E-state index contributed by atoms with van der Waals surface area (Å²) >= 11 is 5.75. The van der Waals surface area contributed by atoms with Crippen LogP contribution in [0.5, 0.6) is 0 Å². The molecule has 0 aliphatic rings. The lowest BCUT2D eigenvalue weighted by atomic mass is 10.0. The van der Waals surface area contributed by atoms with Gasteiger partial charge >= 0.3 is 0 Å². The van der Waals surface area contributed by atoms with Gasteiger partial charge in [0.25, 0.3) is 0 Å². The minimum atomic E-state index is -3.64. The van der Waals surface area contributed by atoms with E-state index in [1.807, 2.05) is 6.92 Å². The number of nitrogens with zero attached hydrogens (tertiary/aromatic N) is 1. The fourth-order valence-electron chi connectivity index (χ4n) is 1.51. The number of rotatable bonds is 7. The molecule has 18 heavy (non-hydrogen) atoms. The van der Waals surface area contributed by atoms with Gasteiger partial charge in [0.05, 0.1) is 0 Å². The summed E-state index contributed by atoms with van der Waals surface area (Å²) in [6, 6.07) is 2.93. The molecule has 1 heterocycles. The van der Waals surface area contributed by atoms with Gasteiger partial charge in [0.15, 0.2) is 0 Å². The van der Waals surface area contributed by atoms with E-state index in [-0.39, 0.29) is 29.1 Å². The zero-order valence-corrected chi connectivity index (χ0v) is 11.7. The number of hydrogen-bond donors (Lipinski definition) is 2. The second-order valence-electron chi connectivity index (χ2n) is 3.93. The lowest BCUT2D eigenvalue weighted by molar-refractivity contribution is 0.254. The molecule has 0 spiro atoms. The predicted octanol–water partition coefficient (Wildman–Crippen LogP) is 1.42. The average molecular weight is 293 g/mol. The summed E-state index contributed by atoms with van der Waals surface area (Å²) in [5, 5.41) is 8.81. The maximum absolute atomic E-state index is 12.0. The fourth-order valence-corrected chi connectivity index (χ4v) is 3.08. The molecule has 2 N–H and O–H groups in total. The van der Waals surface area contributed by atoms with Gasteiger partial charge in [-0.2, -0.15) is 0 Å². The monoisotopic (exact) mass is 292 g/mol. The van der Waals surface area contributed by atoms with Crippen molar-refractivity contribution in [1.29, 1.82) is 0 Å². The summed E-state index contributed by atoms with van der Waals surface area (Å²) in [6.45, 7) is 2.28. The highest BCUT2D eigenvalue weighted by atomic mass is 35.5. The van der Waals surface area contributed by atoms with Crippen LogP contribution in [-0.2, 0) is 10.0 Å². The Labute approximate surface area is 112 Å². The van der Waals surface area contributed by atoms with Gasteiger partial charge in [0, 0.05) is 19.3 Å². The molecule has 0 radical (unpaired) electrons. The van der Waals surface area contributed by atoms with E-state index in [1.165, 1.54) is 18.3 Å². The van der Waals surface area contributed by atoms with Gasteiger partial charge in [0.2, 0.25) is 10.0 Å². The van der Waals surface area contributed by atoms with Crippen LogP contribution in [0, 0.1) is 5.92 Å². The van der Waals surface area contributed by atoms with Crippen LogP contribution < -0.4 is 4.72 Å². The highest BCUT2D eigenvalue weighted by Gasteiger charge is 2.19. The van der Waals surface area contributed by atoms with Gasteiger partial charge in [-0.25, -0.2) is 18.1 Å². The molecule has 0 fully saturated rings. The summed E-state index contributed by atoms with van der Waals surface area (Å²) < 4.78 is 26.4. The van der Waals surface area contributed by atoms with Gasteiger partial charge in [-0.05, 0) is 24.5 Å². The third-order valence-corrected chi connectivity index (χ3v) is 4.56. The highest BCUT2D eigenvalue weighted by Crippen LogP contribution is 2.18. The summed E-state index contributed by atoms with van der Waals surface area (Å²) in [4.78, 5) is 3.71. The Hall–Kier alpha value is -0.690. The van der Waals surface area contributed by atoms with Gasteiger partial charge in [-0.3, -0.25) is 0 Å². The average Bonchev–Trinajstić information content (AvgIpc) is 2.34. The van der Waals surface area contributed by atoms with Crippen molar-refractivity contribution in [3.8, 4) is 0 Å². The Balaban J connectivity index is 2.74. The Kier molecular flexibility index (Phi) is 6.01. The molecule has 0 aliphatic carbocycles. The van der Waals surface area contributed by atoms with E-state index < -0.39 is 10.0 Å². The number of pyridine rings is 1. The predicted molar refractivity (Wildman–Crippen MR) is 69.9 cm³/mol. The molecule has 0 aromatic carbocycles. The quantitative estimate of drug-likeness (QED) is 0.745. The van der Waals surface area contributed by atoms with Crippen LogP contribution in [0.15, 0.2) is 23.2 Å². The molecule has 0 saturated carbocycles. The van der Waals surface area contributed by atoms with Crippen LogP contribution in [0.1, 0.15) is 19.8 Å². The van der Waals surface area contributed by atoms with Crippen molar-refractivity contribution >= 4 is 21.6 Å². The standard InChI is InChI=1S/C11H17ClN2O3S/c1-2-9(5-7-15)8-14-18(16,17)10-4-3-6-13-11(10)12/h3-4,6,9,14-15H,2,5,7-8H2,1H3. The van der Waals surface area contributed by atoms with Crippen molar-refractivity contribution in [2.45, 2.75) is 24.7 Å². The first-order valence-electron chi connectivity index (χ1n) is 5.72. The molecule has 1 unspecified atom stereocenters. The Morgan fingerprint density at radius 3 is 2.83 bits per heavy atom. The lowest BCUT2D eigenvalue weighted by Crippen LogP contribution is -2.30. The van der Waals surface area contributed by atoms with Crippen LogP contribution in [0.25, 0.3) is 0 Å². The van der Waals surface area contributed by atoms with E-state index in [4.69, 9.17) is 16.7 Å². The van der Waals surface area contributed by atoms with Crippen molar-refractivity contribution in [2.24, 2.45) is 5.92 Å². The Morgan fingerprint density at radius 2 is 2.28 bits per heavy atom. The zero-order valence-electron chi connectivity index (χ0n) is 10.1. The smallest absolute Gasteiger partial charge is 0.243 e. The van der Waals surface area contributed by atoms with Gasteiger partial charge < -0.3 is 5.11 Å². The molecule has 102 valence electrons. The second kappa shape index (κ2) is 7.04. The normalized spacial score (nSPS) is 13.5. The SMILES string of the molecule is CCC(CCO)CNS(=O)(=O)c1cccnc1Cl. The maximum Gasteiger partial charge on any atom is 0.243 e. The Morgan fingerprint density at radius 1 is 1.56 bits per heavy atom. The zero-order chi connectivity index (χ0) is 13.6. The van der Waals surface area contributed by atoms with Crippen molar-refractivity contribution < 1.29 is 13.5 Å². The van der Waals surface area contributed by atoms with E-state index in [0.29, 0.717) is 6.42 Å². The van der Waals surface area contributed by atoms with Crippen LogP contribution in [0.4, 0.5) is 0 Å². The number of nitrogens with one attached hydrogen (secondary N) is 1. The lowest BCUT2D eigenvalue weighted by Gasteiger charge is -2.14. The number of halogens is 1. The Bertz CT molecular complexity index is 479. The summed E-state index contributed by atoms with van der Waals surface area (Å²) in [5.74, 6) is 0.111. The second-order valence-corrected chi connectivity index (χ2v) is 6.02. The van der Waals surface area contributed by atoms with E-state index in [2.05, 4.69) is 9.71 Å². The molecule has 0 saturated heterocycles. The molecular formula is C11H17ClN2O3S.